The van der Waals surface area contributed by atoms with Crippen LogP contribution in [0.15, 0.2) is 303 Å². The lowest BCUT2D eigenvalue weighted by Crippen LogP contribution is -2.15. The maximum absolute atomic E-state index is 5.65. The first-order chi connectivity index (χ1) is 44.1. The minimum atomic E-state index is -0.249. The summed E-state index contributed by atoms with van der Waals surface area (Å²) in [5.74, 6) is 0.717. The van der Waals surface area contributed by atoms with Crippen LogP contribution < -0.4 is 9.80 Å². The van der Waals surface area contributed by atoms with Crippen LogP contribution in [0.1, 0.15) is 49.9 Å². The summed E-state index contributed by atoms with van der Waals surface area (Å²) in [5, 5.41) is 19.0. The van der Waals surface area contributed by atoms with E-state index in [9.17, 15) is 0 Å². The Labute approximate surface area is 525 Å². The molecule has 1 aromatic heterocycles. The Kier molecular flexibility index (Phi) is 12.2. The number of hydrogen-bond acceptors (Lipinski definition) is 4. The van der Waals surface area contributed by atoms with Crippen molar-refractivity contribution in [2.24, 2.45) is 0 Å². The molecular weight excluding hydrogens is 1090 g/mol. The van der Waals surface area contributed by atoms with E-state index in [4.69, 9.17) is 10.2 Å². The van der Waals surface area contributed by atoms with Crippen LogP contribution in [0, 0.1) is 0 Å². The van der Waals surface area contributed by atoms with Crippen LogP contribution in [-0.4, -0.2) is 10.2 Å². The van der Waals surface area contributed by atoms with E-state index in [1.807, 2.05) is 0 Å². The fourth-order valence-corrected chi connectivity index (χ4v) is 14.9. The first-order valence-corrected chi connectivity index (χ1v) is 31.3. The van der Waals surface area contributed by atoms with Crippen LogP contribution in [-0.2, 0) is 10.8 Å². The maximum atomic E-state index is 5.65. The summed E-state index contributed by atoms with van der Waals surface area (Å²) in [6.07, 6.45) is 0. The van der Waals surface area contributed by atoms with Crippen molar-refractivity contribution in [2.75, 3.05) is 9.80 Å². The zero-order valence-electron chi connectivity index (χ0n) is 50.7. The molecule has 4 heteroatoms. The normalized spacial score (nSPS) is 13.3. The second kappa shape index (κ2) is 20.7. The Bertz CT molecular complexity index is 5020. The highest BCUT2D eigenvalue weighted by Gasteiger charge is 2.38. The minimum Gasteiger partial charge on any atom is -0.310 e. The largest absolute Gasteiger partial charge is 0.310 e. The Hall–Kier alpha value is -11.2. The molecule has 0 bridgehead atoms. The van der Waals surface area contributed by atoms with Gasteiger partial charge in [0.1, 0.15) is 5.52 Å². The van der Waals surface area contributed by atoms with Crippen LogP contribution in [0.3, 0.4) is 0 Å². The van der Waals surface area contributed by atoms with Crippen molar-refractivity contribution in [3.05, 3.63) is 326 Å². The van der Waals surface area contributed by atoms with Gasteiger partial charge < -0.3 is 4.90 Å². The van der Waals surface area contributed by atoms with Gasteiger partial charge in [0.2, 0.25) is 0 Å². The number of nitrogens with zero attached hydrogens (tertiary/aromatic N) is 4. The lowest BCUT2D eigenvalue weighted by Gasteiger charge is -2.28. The topological polar surface area (TPSA) is 32.3 Å². The van der Waals surface area contributed by atoms with Gasteiger partial charge in [-0.05, 0) is 195 Å². The van der Waals surface area contributed by atoms with Crippen LogP contribution in [0.25, 0.3) is 110 Å². The standard InChI is InChI=1S/C86H62N4/c1-85(2)77-29-17-15-27-70(77)72-46-37-63(51-79(72)85)82-74-48-45-69(89(67-43-35-57-23-11-13-25-61(57)49-67)65-39-31-59(32-40-65)55-19-7-5-8-20-55)53-75(74)83(64-38-47-73-71-28-16-18-30-78(71)86(3,4)80(73)52-64)84-76(82)54-81(87-88-84)90(68-44-36-58-24-12-14-26-62(58)50-68)66-41-33-60(34-42-66)56-21-9-6-10-22-56/h5-54H,1-4H3. The first kappa shape index (κ1) is 53.1. The zero-order valence-corrected chi connectivity index (χ0v) is 50.7. The van der Waals surface area contributed by atoms with Gasteiger partial charge in [-0.3, -0.25) is 4.90 Å². The predicted molar refractivity (Wildman–Crippen MR) is 378 cm³/mol. The minimum absolute atomic E-state index is 0.240. The van der Waals surface area contributed by atoms with E-state index in [-0.39, 0.29) is 10.8 Å². The van der Waals surface area contributed by atoms with Gasteiger partial charge in [-0.15, -0.1) is 10.2 Å². The lowest BCUT2D eigenvalue weighted by atomic mass is 9.80. The van der Waals surface area contributed by atoms with E-state index in [0.29, 0.717) is 5.82 Å². The molecule has 0 radical (unpaired) electrons. The van der Waals surface area contributed by atoms with Crippen molar-refractivity contribution in [3.8, 4) is 66.8 Å². The molecule has 0 N–H and O–H groups in total. The Morgan fingerprint density at radius 1 is 0.244 bits per heavy atom. The number of hydrogen-bond donors (Lipinski definition) is 0. The second-order valence-corrected chi connectivity index (χ2v) is 25.4. The van der Waals surface area contributed by atoms with Gasteiger partial charge in [-0.25, -0.2) is 0 Å². The fourth-order valence-electron chi connectivity index (χ4n) is 14.9. The molecule has 14 aromatic carbocycles. The molecule has 0 spiro atoms. The molecule has 15 aromatic rings. The van der Waals surface area contributed by atoms with Crippen LogP contribution in [0.4, 0.5) is 34.3 Å². The molecule has 1 heterocycles. The van der Waals surface area contributed by atoms with E-state index in [1.165, 1.54) is 77.4 Å². The third kappa shape index (κ3) is 8.58. The molecule has 0 aliphatic heterocycles. The third-order valence-electron chi connectivity index (χ3n) is 19.5. The summed E-state index contributed by atoms with van der Waals surface area (Å²) >= 11 is 0. The molecule has 0 atom stereocenters. The summed E-state index contributed by atoms with van der Waals surface area (Å²) in [7, 11) is 0. The quantitative estimate of drug-likeness (QED) is 0.128. The summed E-state index contributed by atoms with van der Waals surface area (Å²) in [5.41, 5.74) is 24.9. The maximum Gasteiger partial charge on any atom is 0.160 e. The predicted octanol–water partition coefficient (Wildman–Crippen LogP) is 23.3. The number of anilines is 6. The van der Waals surface area contributed by atoms with Gasteiger partial charge in [0, 0.05) is 50.2 Å². The Morgan fingerprint density at radius 3 is 1.19 bits per heavy atom. The summed E-state index contributed by atoms with van der Waals surface area (Å²) in [4.78, 5) is 4.71. The Balaban J connectivity index is 0.961. The molecule has 17 rings (SSSR count). The molecule has 0 saturated carbocycles. The molecular formula is C86H62N4. The van der Waals surface area contributed by atoms with Gasteiger partial charge in [0.05, 0.1) is 0 Å². The Morgan fingerprint density at radius 2 is 0.644 bits per heavy atom. The van der Waals surface area contributed by atoms with Crippen molar-refractivity contribution in [1.82, 2.24) is 10.2 Å². The third-order valence-corrected chi connectivity index (χ3v) is 19.5. The lowest BCUT2D eigenvalue weighted by molar-refractivity contribution is 0.660. The molecule has 0 unspecified atom stereocenters. The summed E-state index contributed by atoms with van der Waals surface area (Å²) < 4.78 is 0. The van der Waals surface area contributed by atoms with E-state index >= 15 is 0 Å². The van der Waals surface area contributed by atoms with Crippen LogP contribution >= 0.6 is 0 Å². The molecule has 2 aliphatic carbocycles. The van der Waals surface area contributed by atoms with Gasteiger partial charge >= 0.3 is 0 Å². The van der Waals surface area contributed by atoms with Crippen molar-refractivity contribution >= 4 is 77.5 Å². The fraction of sp³-hybridized carbons (Fsp3) is 0.0698. The average molecular weight is 1150 g/mol. The summed E-state index contributed by atoms with van der Waals surface area (Å²) in [6, 6.07) is 112. The van der Waals surface area contributed by atoms with Crippen LogP contribution in [0.5, 0.6) is 0 Å². The van der Waals surface area contributed by atoms with Gasteiger partial charge in [-0.2, -0.15) is 0 Å². The molecule has 90 heavy (non-hydrogen) atoms. The number of aromatic nitrogens is 2. The van der Waals surface area contributed by atoms with Crippen molar-refractivity contribution in [2.45, 2.75) is 38.5 Å². The highest BCUT2D eigenvalue weighted by Crippen LogP contribution is 2.55. The number of fused-ring (bicyclic) bond motifs is 10. The first-order valence-electron chi connectivity index (χ1n) is 31.3. The molecule has 426 valence electrons. The molecule has 0 saturated heterocycles. The highest BCUT2D eigenvalue weighted by atomic mass is 15.3. The average Bonchev–Trinajstić information content (AvgIpc) is 1.14. The van der Waals surface area contributed by atoms with E-state index in [2.05, 4.69) is 341 Å². The number of rotatable bonds is 10. The highest BCUT2D eigenvalue weighted by molar-refractivity contribution is 6.22. The van der Waals surface area contributed by atoms with Gasteiger partial charge in [0.25, 0.3) is 0 Å². The second-order valence-electron chi connectivity index (χ2n) is 25.4. The van der Waals surface area contributed by atoms with Crippen molar-refractivity contribution in [3.63, 3.8) is 0 Å². The number of benzene rings is 14. The van der Waals surface area contributed by atoms with Crippen molar-refractivity contribution < 1.29 is 0 Å². The van der Waals surface area contributed by atoms with E-state index < -0.39 is 0 Å². The van der Waals surface area contributed by atoms with Gasteiger partial charge in [0.15, 0.2) is 5.82 Å². The van der Waals surface area contributed by atoms with E-state index in [0.717, 1.165) is 83.3 Å². The van der Waals surface area contributed by atoms with E-state index in [1.54, 1.807) is 0 Å². The molecule has 2 aliphatic rings. The summed E-state index contributed by atoms with van der Waals surface area (Å²) in [6.45, 7) is 9.50. The van der Waals surface area contributed by atoms with Crippen molar-refractivity contribution in [1.29, 1.82) is 0 Å². The molecule has 4 nitrogen and oxygen atoms in total. The van der Waals surface area contributed by atoms with Gasteiger partial charge in [-0.1, -0.05) is 252 Å². The SMILES string of the molecule is CC1(C)c2ccccc2-c2ccc(-c3c4ccc(N(c5ccc(-c6ccccc6)cc5)c5ccc6ccccc6c5)cc4c(-c4ccc5c(c4)C(C)(C)c4ccccc4-5)c4nnc(N(c5ccc(-c6ccccc6)cc5)c5ccc6ccccc6c5)cc34)cc21. The molecule has 0 amide bonds. The molecule has 0 fully saturated rings. The smallest absolute Gasteiger partial charge is 0.160 e. The van der Waals surface area contributed by atoms with Crippen LogP contribution in [0.2, 0.25) is 0 Å². The monoisotopic (exact) mass is 1150 g/mol. The zero-order chi connectivity index (χ0) is 60.2.